The zero-order chi connectivity index (χ0) is 16.8. The molecule has 8 nitrogen and oxygen atoms in total. The Balaban J connectivity index is 3.75. The van der Waals surface area contributed by atoms with E-state index >= 15 is 0 Å². The Morgan fingerprint density at radius 2 is 1.36 bits per heavy atom. The Kier molecular flexibility index (Phi) is 12.0. The first-order chi connectivity index (χ1) is 10.5. The topological polar surface area (TPSA) is 112 Å². The van der Waals surface area contributed by atoms with E-state index in [1.54, 1.807) is 21.3 Å². The number of rotatable bonds is 13. The Morgan fingerprint density at radius 1 is 0.909 bits per heavy atom. The maximum absolute atomic E-state index is 11.6. The van der Waals surface area contributed by atoms with Crippen LogP contribution in [0.2, 0.25) is 6.04 Å². The second-order valence-corrected chi connectivity index (χ2v) is 7.83. The van der Waals surface area contributed by atoms with Gasteiger partial charge in [-0.3, -0.25) is 9.59 Å². The summed E-state index contributed by atoms with van der Waals surface area (Å²) in [5.74, 6) is -0.276. The van der Waals surface area contributed by atoms with Crippen LogP contribution >= 0.6 is 0 Å². The fraction of sp³-hybridized carbons (Fsp3) is 0.846. The zero-order valence-electron chi connectivity index (χ0n) is 13.8. The molecule has 0 fully saturated rings. The van der Waals surface area contributed by atoms with Gasteiger partial charge in [-0.05, 0) is 19.4 Å². The minimum atomic E-state index is -2.57. The summed E-state index contributed by atoms with van der Waals surface area (Å²) in [7, 11) is 2.10. The normalized spacial score (nSPS) is 11.3. The van der Waals surface area contributed by atoms with Crippen molar-refractivity contribution in [2.75, 3.05) is 41.0 Å². The summed E-state index contributed by atoms with van der Waals surface area (Å²) in [6.07, 6.45) is 1.79. The van der Waals surface area contributed by atoms with Gasteiger partial charge in [0.15, 0.2) is 0 Å². The average molecular weight is 335 g/mol. The Bertz CT molecular complexity index is 319. The maximum Gasteiger partial charge on any atom is 0.500 e. The predicted octanol–water partition coefficient (Wildman–Crippen LogP) is -0.384. The zero-order valence-corrected chi connectivity index (χ0v) is 14.8. The average Bonchev–Trinajstić information content (AvgIpc) is 2.54. The third-order valence-corrected chi connectivity index (χ3v) is 6.03. The molecule has 0 spiro atoms. The second kappa shape index (κ2) is 12.5. The molecular formula is C13H29N3O5Si. The van der Waals surface area contributed by atoms with Gasteiger partial charge in [0, 0.05) is 53.3 Å². The van der Waals surface area contributed by atoms with Gasteiger partial charge < -0.3 is 29.6 Å². The molecule has 0 radical (unpaired) electrons. The van der Waals surface area contributed by atoms with E-state index in [-0.39, 0.29) is 24.7 Å². The number of nitrogens with two attached hydrogens (primary N) is 1. The van der Waals surface area contributed by atoms with Gasteiger partial charge in [-0.2, -0.15) is 0 Å². The molecule has 0 unspecified atom stereocenters. The van der Waals surface area contributed by atoms with Gasteiger partial charge in [-0.15, -0.1) is 0 Å². The maximum atomic E-state index is 11.6. The monoisotopic (exact) mass is 335 g/mol. The first kappa shape index (κ1) is 21.0. The first-order valence-corrected chi connectivity index (χ1v) is 9.35. The van der Waals surface area contributed by atoms with E-state index < -0.39 is 8.80 Å². The lowest BCUT2D eigenvalue weighted by Crippen LogP contribution is -2.43. The number of nitrogens with one attached hydrogen (secondary N) is 2. The molecule has 0 aliphatic carbocycles. The highest BCUT2D eigenvalue weighted by molar-refractivity contribution is 6.60. The van der Waals surface area contributed by atoms with Crippen LogP contribution < -0.4 is 16.4 Å². The molecule has 4 N–H and O–H groups in total. The number of hydrogen-bond donors (Lipinski definition) is 3. The highest BCUT2D eigenvalue weighted by Gasteiger charge is 2.36. The number of carbonyl (C=O) groups is 2. The van der Waals surface area contributed by atoms with Crippen LogP contribution in [-0.4, -0.2) is 61.6 Å². The first-order valence-electron chi connectivity index (χ1n) is 7.42. The van der Waals surface area contributed by atoms with Gasteiger partial charge in [-0.1, -0.05) is 0 Å². The van der Waals surface area contributed by atoms with E-state index in [1.165, 1.54) is 0 Å². The Hall–Kier alpha value is -1.00. The van der Waals surface area contributed by atoms with E-state index in [9.17, 15) is 9.59 Å². The van der Waals surface area contributed by atoms with E-state index in [4.69, 9.17) is 19.0 Å². The van der Waals surface area contributed by atoms with Crippen molar-refractivity contribution in [3.63, 3.8) is 0 Å². The highest BCUT2D eigenvalue weighted by Crippen LogP contribution is 2.14. The molecule has 0 aromatic carbocycles. The SMILES string of the molecule is CO[Si](CCCNC(=O)CCC(=O)NCCCN)(OC)OC. The summed E-state index contributed by atoms with van der Waals surface area (Å²) < 4.78 is 15.9. The minimum Gasteiger partial charge on any atom is -0.377 e. The van der Waals surface area contributed by atoms with Gasteiger partial charge in [0.05, 0.1) is 0 Å². The van der Waals surface area contributed by atoms with Crippen LogP contribution in [0.25, 0.3) is 0 Å². The molecule has 0 bridgehead atoms. The lowest BCUT2D eigenvalue weighted by molar-refractivity contribution is -0.126. The van der Waals surface area contributed by atoms with Crippen LogP contribution in [-0.2, 0) is 22.9 Å². The fourth-order valence-corrected chi connectivity index (χ4v) is 3.54. The van der Waals surface area contributed by atoms with Crippen LogP contribution in [0.3, 0.4) is 0 Å². The summed E-state index contributed by atoms with van der Waals surface area (Å²) >= 11 is 0. The van der Waals surface area contributed by atoms with Crippen molar-refractivity contribution >= 4 is 20.6 Å². The lowest BCUT2D eigenvalue weighted by atomic mass is 10.2. The molecule has 22 heavy (non-hydrogen) atoms. The summed E-state index contributed by atoms with van der Waals surface area (Å²) in [5.41, 5.74) is 5.33. The van der Waals surface area contributed by atoms with Crippen LogP contribution in [0.5, 0.6) is 0 Å². The largest absolute Gasteiger partial charge is 0.500 e. The smallest absolute Gasteiger partial charge is 0.377 e. The number of hydrogen-bond acceptors (Lipinski definition) is 6. The van der Waals surface area contributed by atoms with Crippen LogP contribution in [0.4, 0.5) is 0 Å². The fourth-order valence-electron chi connectivity index (χ4n) is 1.82. The van der Waals surface area contributed by atoms with Crippen molar-refractivity contribution in [1.29, 1.82) is 0 Å². The molecule has 0 atom stereocenters. The van der Waals surface area contributed by atoms with Gasteiger partial charge >= 0.3 is 8.80 Å². The van der Waals surface area contributed by atoms with E-state index in [0.29, 0.717) is 32.1 Å². The molecule has 0 saturated heterocycles. The van der Waals surface area contributed by atoms with Gasteiger partial charge in [0.1, 0.15) is 0 Å². The van der Waals surface area contributed by atoms with Crippen molar-refractivity contribution in [2.45, 2.75) is 31.7 Å². The van der Waals surface area contributed by atoms with Crippen molar-refractivity contribution in [3.05, 3.63) is 0 Å². The third-order valence-electron chi connectivity index (χ3n) is 3.20. The molecule has 0 aromatic rings. The van der Waals surface area contributed by atoms with Crippen LogP contribution in [0.1, 0.15) is 25.7 Å². The van der Waals surface area contributed by atoms with Crippen molar-refractivity contribution in [3.8, 4) is 0 Å². The van der Waals surface area contributed by atoms with E-state index in [2.05, 4.69) is 10.6 Å². The molecule has 9 heteroatoms. The number of amides is 2. The van der Waals surface area contributed by atoms with E-state index in [1.807, 2.05) is 0 Å². The van der Waals surface area contributed by atoms with Crippen LogP contribution in [0, 0.1) is 0 Å². The Labute approximate surface area is 133 Å². The third kappa shape index (κ3) is 9.10. The van der Waals surface area contributed by atoms with E-state index in [0.717, 1.165) is 6.42 Å². The Morgan fingerprint density at radius 3 is 1.77 bits per heavy atom. The summed E-state index contributed by atoms with van der Waals surface area (Å²) in [4.78, 5) is 23.0. The second-order valence-electron chi connectivity index (χ2n) is 4.74. The molecule has 2 amide bonds. The molecule has 0 saturated carbocycles. The molecule has 130 valence electrons. The van der Waals surface area contributed by atoms with Gasteiger partial charge in [0.25, 0.3) is 0 Å². The van der Waals surface area contributed by atoms with Crippen molar-refractivity contribution < 1.29 is 22.9 Å². The molecular weight excluding hydrogens is 306 g/mol. The molecule has 0 aliphatic heterocycles. The van der Waals surface area contributed by atoms with Crippen LogP contribution in [0.15, 0.2) is 0 Å². The molecule has 0 aliphatic rings. The summed E-state index contributed by atoms with van der Waals surface area (Å²) in [6, 6.07) is 0.621. The quantitative estimate of drug-likeness (QED) is 0.312. The van der Waals surface area contributed by atoms with Crippen molar-refractivity contribution in [2.24, 2.45) is 5.73 Å². The number of carbonyl (C=O) groups excluding carboxylic acids is 2. The molecule has 0 aromatic heterocycles. The van der Waals surface area contributed by atoms with Gasteiger partial charge in [-0.25, -0.2) is 0 Å². The molecule has 0 rings (SSSR count). The van der Waals surface area contributed by atoms with Gasteiger partial charge in [0.2, 0.25) is 11.8 Å². The summed E-state index contributed by atoms with van der Waals surface area (Å²) in [6.45, 7) is 1.59. The standard InChI is InChI=1S/C13H29N3O5Si/c1-19-22(20-2,21-3)11-5-10-16-13(18)7-6-12(17)15-9-4-8-14/h4-11,14H2,1-3H3,(H,15,17)(H,16,18). The summed E-state index contributed by atoms with van der Waals surface area (Å²) in [5, 5.41) is 5.47. The minimum absolute atomic E-state index is 0.131. The highest BCUT2D eigenvalue weighted by atomic mass is 28.4. The lowest BCUT2D eigenvalue weighted by Gasteiger charge is -2.24. The molecule has 0 heterocycles. The van der Waals surface area contributed by atoms with Crippen molar-refractivity contribution in [1.82, 2.24) is 10.6 Å². The predicted molar refractivity (Wildman–Crippen MR) is 85.1 cm³/mol.